The monoisotopic (exact) mass is 471 g/mol. The van der Waals surface area contributed by atoms with Gasteiger partial charge in [0.2, 0.25) is 6.29 Å². The summed E-state index contributed by atoms with van der Waals surface area (Å²) in [7, 11) is 0. The Balaban J connectivity index is 1.64. The summed E-state index contributed by atoms with van der Waals surface area (Å²) < 4.78 is 52.6. The third-order valence-electron chi connectivity index (χ3n) is 4.99. The van der Waals surface area contributed by atoms with Gasteiger partial charge in [0.25, 0.3) is 0 Å². The van der Waals surface area contributed by atoms with Gasteiger partial charge in [0.1, 0.15) is 35.8 Å². The zero-order chi connectivity index (χ0) is 23.0. The Morgan fingerprint density at radius 3 is 2.47 bits per heavy atom. The number of rotatable bonds is 5. The van der Waals surface area contributed by atoms with Gasteiger partial charge in [-0.25, -0.2) is 17.9 Å². The van der Waals surface area contributed by atoms with Gasteiger partial charge >= 0.3 is 0 Å². The lowest BCUT2D eigenvalue weighted by atomic mass is 9.96. The first-order chi connectivity index (χ1) is 15.3. The van der Waals surface area contributed by atoms with E-state index in [2.05, 4.69) is 10.3 Å². The maximum Gasteiger partial charge on any atom is 0.228 e. The molecular weight excluding hydrogens is 455 g/mol. The Morgan fingerprint density at radius 1 is 1.09 bits per heavy atom. The van der Waals surface area contributed by atoms with Crippen molar-refractivity contribution >= 4 is 11.6 Å². The lowest BCUT2D eigenvalue weighted by molar-refractivity contribution is -0.260. The quantitative estimate of drug-likeness (QED) is 0.489. The number of halogens is 4. The molecule has 1 aliphatic heterocycles. The summed E-state index contributed by atoms with van der Waals surface area (Å²) in [5.74, 6) is -4.17. The minimum atomic E-state index is -1.62. The Bertz CT molecular complexity index is 1090. The second kappa shape index (κ2) is 9.04. The van der Waals surface area contributed by atoms with Gasteiger partial charge in [-0.2, -0.15) is 0 Å². The maximum atomic E-state index is 13.6. The number of benzene rings is 2. The molecule has 170 valence electrons. The van der Waals surface area contributed by atoms with Crippen LogP contribution in [0.3, 0.4) is 0 Å². The second-order valence-electron chi connectivity index (χ2n) is 7.11. The van der Waals surface area contributed by atoms with Crippen molar-refractivity contribution in [2.75, 3.05) is 6.61 Å². The molecule has 1 fully saturated rings. The van der Waals surface area contributed by atoms with Crippen molar-refractivity contribution in [2.24, 2.45) is 0 Å². The Kier molecular flexibility index (Phi) is 6.35. The average Bonchev–Trinajstić information content (AvgIpc) is 3.23. The molecule has 5 atom stereocenters. The van der Waals surface area contributed by atoms with E-state index in [1.165, 1.54) is 12.3 Å². The number of aliphatic hydroxyl groups excluding tert-OH is 3. The van der Waals surface area contributed by atoms with E-state index in [-0.39, 0.29) is 17.0 Å². The molecule has 8 nitrogen and oxygen atoms in total. The van der Waals surface area contributed by atoms with Crippen LogP contribution in [0.2, 0.25) is 5.02 Å². The van der Waals surface area contributed by atoms with Crippen molar-refractivity contribution in [3.05, 3.63) is 65.1 Å². The van der Waals surface area contributed by atoms with Crippen molar-refractivity contribution in [1.29, 1.82) is 0 Å². The van der Waals surface area contributed by atoms with Crippen LogP contribution < -0.4 is 4.74 Å². The van der Waals surface area contributed by atoms with E-state index in [0.29, 0.717) is 5.02 Å². The maximum absolute atomic E-state index is 13.6. The van der Waals surface area contributed by atoms with E-state index < -0.39 is 54.7 Å². The highest BCUT2D eigenvalue weighted by Gasteiger charge is 2.47. The van der Waals surface area contributed by atoms with E-state index in [0.717, 1.165) is 16.8 Å². The van der Waals surface area contributed by atoms with Crippen LogP contribution in [-0.4, -0.2) is 61.5 Å². The highest BCUT2D eigenvalue weighted by atomic mass is 35.5. The molecule has 1 aromatic heterocycles. The number of aromatic nitrogens is 3. The summed E-state index contributed by atoms with van der Waals surface area (Å²) in [5, 5.41) is 39.0. The largest absolute Gasteiger partial charge is 0.462 e. The Morgan fingerprint density at radius 2 is 1.81 bits per heavy atom. The van der Waals surface area contributed by atoms with Gasteiger partial charge in [0.05, 0.1) is 12.8 Å². The fourth-order valence-corrected chi connectivity index (χ4v) is 3.59. The molecule has 3 aromatic rings. The lowest BCUT2D eigenvalue weighted by Crippen LogP contribution is -2.57. The minimum absolute atomic E-state index is 0.0402. The molecular formula is C20H17ClF3N3O5. The molecule has 0 radical (unpaired) electrons. The fraction of sp³-hybridized carbons (Fsp3) is 0.300. The molecule has 12 heteroatoms. The summed E-state index contributed by atoms with van der Waals surface area (Å²) in [6.07, 6.45) is -4.21. The Labute approximate surface area is 184 Å². The predicted octanol–water partition coefficient (Wildman–Crippen LogP) is 2.07. The predicted molar refractivity (Wildman–Crippen MR) is 104 cm³/mol. The van der Waals surface area contributed by atoms with Gasteiger partial charge in [-0.05, 0) is 30.3 Å². The van der Waals surface area contributed by atoms with Crippen LogP contribution in [0.5, 0.6) is 5.75 Å². The zero-order valence-electron chi connectivity index (χ0n) is 16.1. The molecule has 1 aliphatic rings. The van der Waals surface area contributed by atoms with E-state index in [9.17, 15) is 28.5 Å². The molecule has 0 bridgehead atoms. The first-order valence-electron chi connectivity index (χ1n) is 9.40. The van der Waals surface area contributed by atoms with E-state index in [1.54, 1.807) is 18.2 Å². The van der Waals surface area contributed by atoms with Crippen molar-refractivity contribution < 1.29 is 38.0 Å². The summed E-state index contributed by atoms with van der Waals surface area (Å²) in [4.78, 5) is 0. The number of ether oxygens (including phenoxy) is 2. The first-order valence-corrected chi connectivity index (χ1v) is 9.77. The third kappa shape index (κ3) is 4.30. The molecule has 2 aromatic carbocycles. The minimum Gasteiger partial charge on any atom is -0.462 e. The van der Waals surface area contributed by atoms with Crippen LogP contribution in [0.4, 0.5) is 13.2 Å². The van der Waals surface area contributed by atoms with Crippen LogP contribution in [0.1, 0.15) is 6.04 Å². The van der Waals surface area contributed by atoms with Gasteiger partial charge in [-0.15, -0.1) is 5.10 Å². The molecule has 2 heterocycles. The van der Waals surface area contributed by atoms with Gasteiger partial charge in [-0.1, -0.05) is 22.9 Å². The topological polar surface area (TPSA) is 110 Å². The first kappa shape index (κ1) is 22.5. The van der Waals surface area contributed by atoms with Crippen LogP contribution >= 0.6 is 11.6 Å². The van der Waals surface area contributed by atoms with Crippen molar-refractivity contribution in [1.82, 2.24) is 15.0 Å². The number of hydrogen-bond donors (Lipinski definition) is 3. The smallest absolute Gasteiger partial charge is 0.228 e. The zero-order valence-corrected chi connectivity index (χ0v) is 16.9. The third-order valence-corrected chi connectivity index (χ3v) is 5.23. The van der Waals surface area contributed by atoms with E-state index >= 15 is 0 Å². The van der Waals surface area contributed by atoms with Gasteiger partial charge in [-0.3, -0.25) is 0 Å². The molecule has 4 unspecified atom stereocenters. The van der Waals surface area contributed by atoms with Gasteiger partial charge in [0, 0.05) is 10.6 Å². The van der Waals surface area contributed by atoms with Gasteiger partial charge in [0.15, 0.2) is 17.5 Å². The molecule has 1 saturated heterocycles. The lowest BCUT2D eigenvalue weighted by Gasteiger charge is -2.41. The second-order valence-corrected chi connectivity index (χ2v) is 7.55. The molecule has 3 N–H and O–H groups in total. The van der Waals surface area contributed by atoms with E-state index in [4.69, 9.17) is 21.1 Å². The standard InChI is InChI=1S/C20H17ClF3N3O5/c21-10-2-1-3-11(6-10)31-20-19(30)17(18(29)15(8-28)32-20)27-7-14(25-26-27)9-4-12(22)16(24)13(23)5-9/h1-7,15,17-20,28-30H,8H2/t15?,17?,18?,19-,20?/m0/s1. The highest BCUT2D eigenvalue weighted by Crippen LogP contribution is 2.33. The summed E-state index contributed by atoms with van der Waals surface area (Å²) in [5.41, 5.74) is -0.143. The SMILES string of the molecule is OCC1OC(Oc2cccc(Cl)c2)[C@@H](O)C(n2cc(-c3cc(F)c(F)c(F)c3)nn2)C1O. The number of hydrogen-bond acceptors (Lipinski definition) is 7. The van der Waals surface area contributed by atoms with Crippen LogP contribution in [0.15, 0.2) is 42.6 Å². The molecule has 32 heavy (non-hydrogen) atoms. The van der Waals surface area contributed by atoms with Crippen molar-refractivity contribution in [2.45, 2.75) is 30.6 Å². The summed E-state index contributed by atoms with van der Waals surface area (Å²) in [6, 6.07) is 6.57. The van der Waals surface area contributed by atoms with E-state index in [1.807, 2.05) is 0 Å². The number of aliphatic hydroxyl groups is 3. The molecule has 4 rings (SSSR count). The normalized spacial score (nSPS) is 25.7. The van der Waals surface area contributed by atoms with Gasteiger partial charge < -0.3 is 24.8 Å². The molecule has 0 aliphatic carbocycles. The fourth-order valence-electron chi connectivity index (χ4n) is 3.41. The van der Waals surface area contributed by atoms with Crippen molar-refractivity contribution in [3.63, 3.8) is 0 Å². The highest BCUT2D eigenvalue weighted by molar-refractivity contribution is 6.30. The Hall–Kier alpha value is -2.70. The van der Waals surface area contributed by atoms with Crippen molar-refractivity contribution in [3.8, 4) is 17.0 Å². The van der Waals surface area contributed by atoms with Crippen LogP contribution in [0, 0.1) is 17.5 Å². The average molecular weight is 472 g/mol. The summed E-state index contributed by atoms with van der Waals surface area (Å²) in [6.45, 7) is -0.601. The molecule has 0 spiro atoms. The summed E-state index contributed by atoms with van der Waals surface area (Å²) >= 11 is 5.93. The molecule has 0 saturated carbocycles. The molecule has 0 amide bonds. The van der Waals surface area contributed by atoms with Crippen LogP contribution in [-0.2, 0) is 4.74 Å². The van der Waals surface area contributed by atoms with Crippen LogP contribution in [0.25, 0.3) is 11.3 Å². The number of nitrogens with zero attached hydrogens (tertiary/aromatic N) is 3.